The second kappa shape index (κ2) is 4.57. The largest absolute Gasteiger partial charge is 0.497 e. The average Bonchev–Trinajstić information content (AvgIpc) is 2.46. The Morgan fingerprint density at radius 1 is 1.15 bits per heavy atom. The number of methoxy groups -OCH3 is 1. The van der Waals surface area contributed by atoms with Gasteiger partial charge in [-0.15, -0.1) is 0 Å². The monoisotopic (exact) mass is 286 g/mol. The minimum absolute atomic E-state index is 0.0380. The van der Waals surface area contributed by atoms with Gasteiger partial charge in [0.15, 0.2) is 0 Å². The summed E-state index contributed by atoms with van der Waals surface area (Å²) in [5, 5.41) is 12.5. The number of hydrogen-bond acceptors (Lipinski definition) is 4. The molecule has 0 atom stereocenters. The zero-order valence-electron chi connectivity index (χ0n) is 10.5. The normalized spacial score (nSPS) is 10.8. The number of nitrogens with zero attached hydrogens (tertiary/aromatic N) is 1. The lowest BCUT2D eigenvalue weighted by Crippen LogP contribution is -1.90. The van der Waals surface area contributed by atoms with Gasteiger partial charge in [-0.2, -0.15) is 0 Å². The molecular formula is C14H10N2O3S. The van der Waals surface area contributed by atoms with Crippen molar-refractivity contribution >= 4 is 39.7 Å². The van der Waals surface area contributed by atoms with Crippen LogP contribution < -0.4 is 4.74 Å². The second-order valence-corrected chi connectivity index (χ2v) is 4.76. The summed E-state index contributed by atoms with van der Waals surface area (Å²) >= 11 is 5.47. The molecule has 1 heterocycles. The Hall–Kier alpha value is -2.47. The van der Waals surface area contributed by atoms with E-state index >= 15 is 0 Å². The standard InChI is InChI=1S/C14H10N2O3S/c1-19-9-3-5-12-11(7-9)14(20)10-4-2-8(16(17)18)6-13(10)15-12/h2-7H,1H3,(H,15,20). The molecule has 0 aliphatic heterocycles. The number of ether oxygens (including phenoxy) is 1. The maximum atomic E-state index is 10.8. The van der Waals surface area contributed by atoms with Crippen molar-refractivity contribution < 1.29 is 9.66 Å². The van der Waals surface area contributed by atoms with Gasteiger partial charge >= 0.3 is 0 Å². The van der Waals surface area contributed by atoms with Crippen molar-refractivity contribution in [1.82, 2.24) is 4.98 Å². The van der Waals surface area contributed by atoms with Crippen LogP contribution in [0.4, 0.5) is 5.69 Å². The van der Waals surface area contributed by atoms with Crippen LogP contribution in [0, 0.1) is 14.6 Å². The Morgan fingerprint density at radius 2 is 1.95 bits per heavy atom. The van der Waals surface area contributed by atoms with Crippen LogP contribution in [0.15, 0.2) is 36.4 Å². The second-order valence-electron chi connectivity index (χ2n) is 4.35. The Kier molecular flexibility index (Phi) is 2.87. The van der Waals surface area contributed by atoms with Gasteiger partial charge in [-0.1, -0.05) is 12.2 Å². The summed E-state index contributed by atoms with van der Waals surface area (Å²) in [5.74, 6) is 0.721. The summed E-state index contributed by atoms with van der Waals surface area (Å²) in [4.78, 5) is 13.6. The number of hydrogen-bond donors (Lipinski definition) is 1. The number of rotatable bonds is 2. The third-order valence-corrected chi connectivity index (χ3v) is 3.64. The summed E-state index contributed by atoms with van der Waals surface area (Å²) in [5.41, 5.74) is 1.52. The van der Waals surface area contributed by atoms with Crippen molar-refractivity contribution in [2.24, 2.45) is 0 Å². The molecule has 0 aliphatic carbocycles. The molecule has 0 saturated carbocycles. The number of nitro benzene ring substituents is 1. The Balaban J connectivity index is 2.40. The van der Waals surface area contributed by atoms with E-state index in [0.29, 0.717) is 10.0 Å². The fourth-order valence-electron chi connectivity index (χ4n) is 2.18. The molecule has 0 amide bonds. The van der Waals surface area contributed by atoms with Crippen molar-refractivity contribution in [2.45, 2.75) is 0 Å². The lowest BCUT2D eigenvalue weighted by molar-refractivity contribution is -0.384. The van der Waals surface area contributed by atoms with Crippen molar-refractivity contribution in [1.29, 1.82) is 0 Å². The number of benzene rings is 2. The molecule has 2 aromatic carbocycles. The highest BCUT2D eigenvalue weighted by molar-refractivity contribution is 7.72. The highest BCUT2D eigenvalue weighted by Crippen LogP contribution is 2.27. The molecule has 5 nitrogen and oxygen atoms in total. The molecule has 100 valence electrons. The van der Waals surface area contributed by atoms with Gasteiger partial charge in [0.05, 0.1) is 22.1 Å². The van der Waals surface area contributed by atoms with E-state index in [1.165, 1.54) is 12.1 Å². The van der Waals surface area contributed by atoms with Crippen LogP contribution in [-0.2, 0) is 0 Å². The number of nitrogens with one attached hydrogen (secondary N) is 1. The van der Waals surface area contributed by atoms with Crippen LogP contribution in [-0.4, -0.2) is 17.0 Å². The lowest BCUT2D eigenvalue weighted by atomic mass is 10.1. The van der Waals surface area contributed by atoms with Gasteiger partial charge in [-0.05, 0) is 24.3 Å². The summed E-state index contributed by atoms with van der Waals surface area (Å²) in [6.45, 7) is 0. The topological polar surface area (TPSA) is 68.2 Å². The molecule has 0 spiro atoms. The highest BCUT2D eigenvalue weighted by atomic mass is 32.1. The lowest BCUT2D eigenvalue weighted by Gasteiger charge is -2.06. The highest BCUT2D eigenvalue weighted by Gasteiger charge is 2.09. The first kappa shape index (κ1) is 12.6. The average molecular weight is 286 g/mol. The SMILES string of the molecule is COc1ccc2[nH]c3cc([N+](=O)[O-])ccc3c(=S)c2c1. The summed E-state index contributed by atoms with van der Waals surface area (Å²) in [7, 11) is 1.60. The maximum absolute atomic E-state index is 10.8. The number of H-pyrrole nitrogens is 1. The van der Waals surface area contributed by atoms with E-state index in [2.05, 4.69) is 4.98 Å². The van der Waals surface area contributed by atoms with Crippen molar-refractivity contribution in [3.63, 3.8) is 0 Å². The molecule has 0 fully saturated rings. The molecule has 1 N–H and O–H groups in total. The predicted octanol–water partition coefficient (Wildman–Crippen LogP) is 3.97. The summed E-state index contributed by atoms with van der Waals surface area (Å²) < 4.78 is 5.85. The van der Waals surface area contributed by atoms with Gasteiger partial charge < -0.3 is 9.72 Å². The van der Waals surface area contributed by atoms with Gasteiger partial charge in [0.1, 0.15) is 5.75 Å². The first-order valence-corrected chi connectivity index (χ1v) is 6.29. The van der Waals surface area contributed by atoms with E-state index in [1.807, 2.05) is 18.2 Å². The zero-order chi connectivity index (χ0) is 14.3. The Bertz CT molecular complexity index is 902. The Morgan fingerprint density at radius 3 is 2.65 bits per heavy atom. The first-order valence-electron chi connectivity index (χ1n) is 5.88. The number of non-ortho nitro benzene ring substituents is 1. The fraction of sp³-hybridized carbons (Fsp3) is 0.0714. The maximum Gasteiger partial charge on any atom is 0.271 e. The summed E-state index contributed by atoms with van der Waals surface area (Å²) in [6.07, 6.45) is 0. The first-order chi connectivity index (χ1) is 9.60. The van der Waals surface area contributed by atoms with E-state index in [-0.39, 0.29) is 5.69 Å². The number of aromatic amines is 1. The predicted molar refractivity (Wildman–Crippen MR) is 79.8 cm³/mol. The Labute approximate surface area is 119 Å². The van der Waals surface area contributed by atoms with Crippen LogP contribution in [0.3, 0.4) is 0 Å². The molecule has 3 aromatic rings. The molecule has 3 rings (SSSR count). The molecule has 0 aliphatic rings. The van der Waals surface area contributed by atoms with Crippen LogP contribution in [0.5, 0.6) is 5.75 Å². The minimum atomic E-state index is -0.422. The van der Waals surface area contributed by atoms with E-state index in [0.717, 1.165) is 22.0 Å². The van der Waals surface area contributed by atoms with Gasteiger partial charge in [-0.3, -0.25) is 10.1 Å². The van der Waals surface area contributed by atoms with Gasteiger partial charge in [0, 0.05) is 28.4 Å². The van der Waals surface area contributed by atoms with Crippen LogP contribution in [0.2, 0.25) is 0 Å². The smallest absolute Gasteiger partial charge is 0.271 e. The van der Waals surface area contributed by atoms with Crippen molar-refractivity contribution in [3.05, 3.63) is 51.0 Å². The van der Waals surface area contributed by atoms with Gasteiger partial charge in [-0.25, -0.2) is 0 Å². The van der Waals surface area contributed by atoms with Crippen LogP contribution >= 0.6 is 12.2 Å². The molecule has 0 saturated heterocycles. The molecule has 6 heteroatoms. The molecular weight excluding hydrogens is 276 g/mol. The molecule has 1 aromatic heterocycles. The van der Waals surface area contributed by atoms with Crippen LogP contribution in [0.1, 0.15) is 0 Å². The number of nitro groups is 1. The van der Waals surface area contributed by atoms with E-state index in [9.17, 15) is 10.1 Å². The number of fused-ring (bicyclic) bond motifs is 2. The number of aromatic nitrogens is 1. The minimum Gasteiger partial charge on any atom is -0.497 e. The summed E-state index contributed by atoms with van der Waals surface area (Å²) in [6, 6.07) is 10.1. The third kappa shape index (κ3) is 1.90. The molecule has 0 radical (unpaired) electrons. The van der Waals surface area contributed by atoms with E-state index in [1.54, 1.807) is 13.2 Å². The van der Waals surface area contributed by atoms with Gasteiger partial charge in [0.25, 0.3) is 5.69 Å². The van der Waals surface area contributed by atoms with Gasteiger partial charge in [0.2, 0.25) is 0 Å². The molecule has 20 heavy (non-hydrogen) atoms. The zero-order valence-corrected chi connectivity index (χ0v) is 11.4. The number of pyridine rings is 1. The van der Waals surface area contributed by atoms with E-state index in [4.69, 9.17) is 17.0 Å². The fourth-order valence-corrected chi connectivity index (χ4v) is 2.53. The van der Waals surface area contributed by atoms with E-state index < -0.39 is 4.92 Å². The van der Waals surface area contributed by atoms with Crippen molar-refractivity contribution in [2.75, 3.05) is 7.11 Å². The van der Waals surface area contributed by atoms with Crippen molar-refractivity contribution in [3.8, 4) is 5.75 Å². The molecule has 0 bridgehead atoms. The van der Waals surface area contributed by atoms with Crippen LogP contribution in [0.25, 0.3) is 21.8 Å². The quantitative estimate of drug-likeness (QED) is 0.335. The third-order valence-electron chi connectivity index (χ3n) is 3.20. The molecule has 0 unspecified atom stereocenters.